The van der Waals surface area contributed by atoms with Crippen molar-refractivity contribution in [1.29, 1.82) is 0 Å². The fourth-order valence-electron chi connectivity index (χ4n) is 1.94. The second kappa shape index (κ2) is 8.64. The molecule has 3 nitrogen and oxygen atoms in total. The van der Waals surface area contributed by atoms with E-state index in [1.165, 1.54) is 12.1 Å². The van der Waals surface area contributed by atoms with Crippen LogP contribution in [0, 0.1) is 0 Å². The first-order chi connectivity index (χ1) is 9.58. The smallest absolute Gasteiger partial charge is 0.263 e. The second-order valence-electron chi connectivity index (χ2n) is 4.54. The van der Waals surface area contributed by atoms with Crippen molar-refractivity contribution in [2.75, 3.05) is 19.6 Å². The SMILES string of the molecule is CCN(CC)C(=O)CCNCc1ccc(C(F)F)cc1. The highest BCUT2D eigenvalue weighted by atomic mass is 19.3. The van der Waals surface area contributed by atoms with Crippen LogP contribution in [0.1, 0.15) is 37.8 Å². The molecule has 1 amide bonds. The van der Waals surface area contributed by atoms with E-state index in [4.69, 9.17) is 0 Å². The third-order valence-electron chi connectivity index (χ3n) is 3.19. The van der Waals surface area contributed by atoms with Crippen LogP contribution in [0.5, 0.6) is 0 Å². The molecule has 5 heteroatoms. The number of carbonyl (C=O) groups excluding carboxylic acids is 1. The lowest BCUT2D eigenvalue weighted by atomic mass is 10.1. The summed E-state index contributed by atoms with van der Waals surface area (Å²) in [5, 5.41) is 3.15. The second-order valence-corrected chi connectivity index (χ2v) is 4.54. The standard InChI is InChI=1S/C15H22F2N2O/c1-3-19(4-2)14(20)9-10-18-11-12-5-7-13(8-6-12)15(16)17/h5-8,15,18H,3-4,9-11H2,1-2H3. The van der Waals surface area contributed by atoms with E-state index < -0.39 is 6.43 Å². The molecular formula is C15H22F2N2O. The zero-order valence-electron chi connectivity index (χ0n) is 12.0. The molecule has 112 valence electrons. The van der Waals surface area contributed by atoms with Gasteiger partial charge in [0.05, 0.1) is 0 Å². The van der Waals surface area contributed by atoms with Crippen LogP contribution >= 0.6 is 0 Å². The van der Waals surface area contributed by atoms with Gasteiger partial charge in [-0.2, -0.15) is 0 Å². The number of hydrogen-bond donors (Lipinski definition) is 1. The van der Waals surface area contributed by atoms with E-state index in [0.717, 1.165) is 18.7 Å². The minimum atomic E-state index is -2.43. The summed E-state index contributed by atoms with van der Waals surface area (Å²) in [4.78, 5) is 13.5. The third kappa shape index (κ3) is 5.25. The van der Waals surface area contributed by atoms with Crippen LogP contribution in [0.15, 0.2) is 24.3 Å². The molecule has 20 heavy (non-hydrogen) atoms. The van der Waals surface area contributed by atoms with Crippen molar-refractivity contribution >= 4 is 5.91 Å². The van der Waals surface area contributed by atoms with Gasteiger partial charge in [0.25, 0.3) is 6.43 Å². The van der Waals surface area contributed by atoms with E-state index in [0.29, 0.717) is 19.5 Å². The number of rotatable bonds is 8. The van der Waals surface area contributed by atoms with Gasteiger partial charge >= 0.3 is 0 Å². The summed E-state index contributed by atoms with van der Waals surface area (Å²) in [6.45, 7) is 6.54. The number of nitrogens with zero attached hydrogens (tertiary/aromatic N) is 1. The molecule has 1 rings (SSSR count). The van der Waals surface area contributed by atoms with Crippen molar-refractivity contribution in [3.8, 4) is 0 Å². The fraction of sp³-hybridized carbons (Fsp3) is 0.533. The lowest BCUT2D eigenvalue weighted by Gasteiger charge is -2.18. The maximum atomic E-state index is 12.4. The molecule has 1 N–H and O–H groups in total. The van der Waals surface area contributed by atoms with Crippen LogP contribution < -0.4 is 5.32 Å². The number of alkyl halides is 2. The van der Waals surface area contributed by atoms with Gasteiger partial charge in [-0.3, -0.25) is 4.79 Å². The first-order valence-corrected chi connectivity index (χ1v) is 6.94. The Labute approximate surface area is 119 Å². The monoisotopic (exact) mass is 284 g/mol. The molecule has 0 fully saturated rings. The molecule has 0 aliphatic carbocycles. The third-order valence-corrected chi connectivity index (χ3v) is 3.19. The van der Waals surface area contributed by atoms with Crippen LogP contribution in [0.3, 0.4) is 0 Å². The fourth-order valence-corrected chi connectivity index (χ4v) is 1.94. The molecule has 0 aliphatic heterocycles. The van der Waals surface area contributed by atoms with Crippen LogP contribution in [0.2, 0.25) is 0 Å². The van der Waals surface area contributed by atoms with Crippen LogP contribution in [-0.4, -0.2) is 30.4 Å². The van der Waals surface area contributed by atoms with Gasteiger partial charge in [0, 0.05) is 38.2 Å². The molecule has 0 bridgehead atoms. The highest BCUT2D eigenvalue weighted by Gasteiger charge is 2.08. The van der Waals surface area contributed by atoms with Gasteiger partial charge in [0.15, 0.2) is 0 Å². The summed E-state index contributed by atoms with van der Waals surface area (Å²) in [7, 11) is 0. The number of amides is 1. The number of hydrogen-bond acceptors (Lipinski definition) is 2. The Hall–Kier alpha value is -1.49. The minimum Gasteiger partial charge on any atom is -0.343 e. The van der Waals surface area contributed by atoms with E-state index in [1.807, 2.05) is 13.8 Å². The van der Waals surface area contributed by atoms with Gasteiger partial charge in [0.2, 0.25) is 5.91 Å². The van der Waals surface area contributed by atoms with E-state index >= 15 is 0 Å². The van der Waals surface area contributed by atoms with Crippen molar-refractivity contribution in [3.05, 3.63) is 35.4 Å². The molecule has 0 heterocycles. The largest absolute Gasteiger partial charge is 0.343 e. The van der Waals surface area contributed by atoms with Gasteiger partial charge in [-0.15, -0.1) is 0 Å². The van der Waals surface area contributed by atoms with Crippen molar-refractivity contribution < 1.29 is 13.6 Å². The highest BCUT2D eigenvalue weighted by Crippen LogP contribution is 2.18. The summed E-state index contributed by atoms with van der Waals surface area (Å²) >= 11 is 0. The summed E-state index contributed by atoms with van der Waals surface area (Å²) < 4.78 is 24.8. The summed E-state index contributed by atoms with van der Waals surface area (Å²) in [5.74, 6) is 0.135. The molecule has 0 atom stereocenters. The van der Waals surface area contributed by atoms with Gasteiger partial charge in [-0.25, -0.2) is 8.78 Å². The Morgan fingerprint density at radius 1 is 1.20 bits per heavy atom. The molecule has 0 aliphatic rings. The molecule has 1 aromatic rings. The zero-order chi connectivity index (χ0) is 15.0. The zero-order valence-corrected chi connectivity index (χ0v) is 12.0. The Morgan fingerprint density at radius 2 is 1.80 bits per heavy atom. The summed E-state index contributed by atoms with van der Waals surface area (Å²) in [5.41, 5.74) is 0.968. The van der Waals surface area contributed by atoms with E-state index in [1.54, 1.807) is 17.0 Å². The lowest BCUT2D eigenvalue weighted by molar-refractivity contribution is -0.130. The van der Waals surface area contributed by atoms with Gasteiger partial charge in [-0.1, -0.05) is 24.3 Å². The molecule has 0 saturated carbocycles. The normalized spacial score (nSPS) is 10.8. The molecule has 0 spiro atoms. The topological polar surface area (TPSA) is 32.3 Å². The summed E-state index contributed by atoms with van der Waals surface area (Å²) in [6, 6.07) is 6.23. The first-order valence-electron chi connectivity index (χ1n) is 6.94. The van der Waals surface area contributed by atoms with Gasteiger partial charge < -0.3 is 10.2 Å². The number of nitrogens with one attached hydrogen (secondary N) is 1. The maximum absolute atomic E-state index is 12.4. The average molecular weight is 284 g/mol. The molecule has 0 saturated heterocycles. The molecule has 0 unspecified atom stereocenters. The number of carbonyl (C=O) groups is 1. The van der Waals surface area contributed by atoms with Crippen molar-refractivity contribution in [1.82, 2.24) is 10.2 Å². The Balaban J connectivity index is 2.29. The van der Waals surface area contributed by atoms with Crippen molar-refractivity contribution in [3.63, 3.8) is 0 Å². The predicted octanol–water partition coefficient (Wildman–Crippen LogP) is 2.97. The maximum Gasteiger partial charge on any atom is 0.263 e. The molecule has 0 radical (unpaired) electrons. The van der Waals surface area contributed by atoms with Crippen LogP contribution in [0.25, 0.3) is 0 Å². The first kappa shape index (κ1) is 16.6. The Morgan fingerprint density at radius 3 is 2.30 bits per heavy atom. The average Bonchev–Trinajstić information content (AvgIpc) is 2.45. The Kier molecular flexibility index (Phi) is 7.15. The van der Waals surface area contributed by atoms with Gasteiger partial charge in [0.1, 0.15) is 0 Å². The van der Waals surface area contributed by atoms with E-state index in [9.17, 15) is 13.6 Å². The lowest BCUT2D eigenvalue weighted by Crippen LogP contribution is -2.32. The quantitative estimate of drug-likeness (QED) is 0.744. The van der Waals surface area contributed by atoms with Crippen molar-refractivity contribution in [2.45, 2.75) is 33.2 Å². The van der Waals surface area contributed by atoms with Crippen LogP contribution in [-0.2, 0) is 11.3 Å². The molecular weight excluding hydrogens is 262 g/mol. The summed E-state index contributed by atoms with van der Waals surface area (Å²) in [6.07, 6.45) is -1.97. The molecule has 1 aromatic carbocycles. The number of benzene rings is 1. The predicted molar refractivity (Wildman–Crippen MR) is 75.7 cm³/mol. The Bertz CT molecular complexity index is 403. The van der Waals surface area contributed by atoms with Crippen molar-refractivity contribution in [2.24, 2.45) is 0 Å². The van der Waals surface area contributed by atoms with E-state index in [2.05, 4.69) is 5.32 Å². The van der Waals surface area contributed by atoms with E-state index in [-0.39, 0.29) is 11.5 Å². The van der Waals surface area contributed by atoms with Gasteiger partial charge in [-0.05, 0) is 19.4 Å². The molecule has 0 aromatic heterocycles. The number of halogens is 2. The van der Waals surface area contributed by atoms with Crippen LogP contribution in [0.4, 0.5) is 8.78 Å². The highest BCUT2D eigenvalue weighted by molar-refractivity contribution is 5.76. The minimum absolute atomic E-state index is 0.0328.